The van der Waals surface area contributed by atoms with Gasteiger partial charge in [0.25, 0.3) is 0 Å². The second kappa shape index (κ2) is 5.70. The molecule has 0 aliphatic rings. The third-order valence-electron chi connectivity index (χ3n) is 3.31. The molecule has 0 spiro atoms. The van der Waals surface area contributed by atoms with E-state index in [2.05, 4.69) is 10.1 Å². The van der Waals surface area contributed by atoms with Crippen LogP contribution in [0.2, 0.25) is 5.02 Å². The Morgan fingerprint density at radius 2 is 2.18 bits per heavy atom. The van der Waals surface area contributed by atoms with Crippen LogP contribution in [0.3, 0.4) is 0 Å². The monoisotopic (exact) mass is 335 g/mol. The number of carbonyl (C=O) groups excluding carboxylic acids is 1. The van der Waals surface area contributed by atoms with E-state index in [0.29, 0.717) is 33.7 Å². The summed E-state index contributed by atoms with van der Waals surface area (Å²) >= 11 is 7.64. The summed E-state index contributed by atoms with van der Waals surface area (Å²) < 4.78 is 7.74. The zero-order valence-corrected chi connectivity index (χ0v) is 14.0. The number of para-hydroxylation sites is 1. The summed E-state index contributed by atoms with van der Waals surface area (Å²) in [5, 5.41) is 5.71. The first-order valence-corrected chi connectivity index (χ1v) is 8.01. The van der Waals surface area contributed by atoms with Gasteiger partial charge in [-0.15, -0.1) is 0 Å². The summed E-state index contributed by atoms with van der Waals surface area (Å²) in [4.78, 5) is 16.6. The number of thiazole rings is 1. The van der Waals surface area contributed by atoms with Gasteiger partial charge in [-0.3, -0.25) is 0 Å². The van der Waals surface area contributed by atoms with Crippen LogP contribution in [0.5, 0.6) is 0 Å². The van der Waals surface area contributed by atoms with Crippen molar-refractivity contribution >= 4 is 39.1 Å². The number of carbonyl (C=O) groups is 1. The predicted molar refractivity (Wildman–Crippen MR) is 87.2 cm³/mol. The van der Waals surface area contributed by atoms with Crippen molar-refractivity contribution in [3.05, 3.63) is 40.2 Å². The van der Waals surface area contributed by atoms with E-state index in [0.717, 1.165) is 10.2 Å². The van der Waals surface area contributed by atoms with E-state index in [-0.39, 0.29) is 5.97 Å². The number of hydrogen-bond acceptors (Lipinski definition) is 5. The highest BCUT2D eigenvalue weighted by Gasteiger charge is 2.22. The van der Waals surface area contributed by atoms with Gasteiger partial charge in [0.1, 0.15) is 11.1 Å². The molecule has 1 aromatic carbocycles. The molecule has 114 valence electrons. The summed E-state index contributed by atoms with van der Waals surface area (Å²) in [6, 6.07) is 5.65. The molecule has 0 bridgehead atoms. The largest absolute Gasteiger partial charge is 0.462 e. The highest BCUT2D eigenvalue weighted by Crippen LogP contribution is 2.31. The topological polar surface area (TPSA) is 57.0 Å². The van der Waals surface area contributed by atoms with Gasteiger partial charge >= 0.3 is 5.97 Å². The first kappa shape index (κ1) is 15.0. The number of nitrogens with zero attached hydrogens (tertiary/aromatic N) is 3. The number of benzene rings is 1. The van der Waals surface area contributed by atoms with Crippen molar-refractivity contribution < 1.29 is 9.53 Å². The minimum absolute atomic E-state index is 0.333. The van der Waals surface area contributed by atoms with Gasteiger partial charge in [0.05, 0.1) is 27.7 Å². The Kier molecular flexibility index (Phi) is 3.88. The summed E-state index contributed by atoms with van der Waals surface area (Å²) in [7, 11) is 0. The lowest BCUT2D eigenvalue weighted by Crippen LogP contribution is -2.07. The molecule has 3 rings (SSSR count). The average Bonchev–Trinajstić information content (AvgIpc) is 3.01. The van der Waals surface area contributed by atoms with Crippen molar-refractivity contribution in [2.75, 3.05) is 6.61 Å². The fourth-order valence-electron chi connectivity index (χ4n) is 2.32. The van der Waals surface area contributed by atoms with Crippen LogP contribution in [0.4, 0.5) is 0 Å². The molecule has 0 radical (unpaired) electrons. The number of halogens is 1. The van der Waals surface area contributed by atoms with E-state index in [1.165, 1.54) is 11.3 Å². The average molecular weight is 336 g/mol. The molecule has 2 heterocycles. The van der Waals surface area contributed by atoms with Gasteiger partial charge in [0.15, 0.2) is 0 Å². The van der Waals surface area contributed by atoms with Gasteiger partial charge < -0.3 is 4.74 Å². The third kappa shape index (κ3) is 2.38. The van der Waals surface area contributed by atoms with Crippen molar-refractivity contribution in [3.8, 4) is 5.13 Å². The standard InChI is InChI=1S/C15H14ClN3O2S/c1-4-21-14(20)12-8(2)18-19(9(12)3)15-17-13-10(16)6-5-7-11(13)22-15/h5-7H,4H2,1-3H3. The first-order chi connectivity index (χ1) is 10.5. The van der Waals surface area contributed by atoms with Crippen LogP contribution in [-0.4, -0.2) is 27.3 Å². The molecule has 2 aromatic heterocycles. The van der Waals surface area contributed by atoms with Gasteiger partial charge in [0.2, 0.25) is 5.13 Å². The Morgan fingerprint density at radius 3 is 2.86 bits per heavy atom. The first-order valence-electron chi connectivity index (χ1n) is 6.81. The van der Waals surface area contributed by atoms with Crippen molar-refractivity contribution in [2.45, 2.75) is 20.8 Å². The smallest absolute Gasteiger partial charge is 0.341 e. The van der Waals surface area contributed by atoms with Crippen molar-refractivity contribution in [3.63, 3.8) is 0 Å². The van der Waals surface area contributed by atoms with Gasteiger partial charge in [-0.25, -0.2) is 14.5 Å². The third-order valence-corrected chi connectivity index (χ3v) is 4.61. The maximum absolute atomic E-state index is 12.0. The Morgan fingerprint density at radius 1 is 1.41 bits per heavy atom. The minimum atomic E-state index is -0.358. The van der Waals surface area contributed by atoms with E-state index in [9.17, 15) is 4.79 Å². The lowest BCUT2D eigenvalue weighted by molar-refractivity contribution is 0.0524. The van der Waals surface area contributed by atoms with Crippen LogP contribution >= 0.6 is 22.9 Å². The fourth-order valence-corrected chi connectivity index (χ4v) is 3.59. The summed E-state index contributed by atoms with van der Waals surface area (Å²) in [5.74, 6) is -0.358. The molecule has 0 unspecified atom stereocenters. The maximum atomic E-state index is 12.0. The Bertz CT molecular complexity index is 869. The van der Waals surface area contributed by atoms with Crippen molar-refractivity contribution in [1.29, 1.82) is 0 Å². The van der Waals surface area contributed by atoms with E-state index in [4.69, 9.17) is 16.3 Å². The Hall–Kier alpha value is -1.92. The van der Waals surface area contributed by atoms with E-state index >= 15 is 0 Å². The fraction of sp³-hybridized carbons (Fsp3) is 0.267. The van der Waals surface area contributed by atoms with Crippen LogP contribution in [0.25, 0.3) is 15.3 Å². The number of hydrogen-bond donors (Lipinski definition) is 0. The number of aryl methyl sites for hydroxylation is 1. The van der Waals surface area contributed by atoms with E-state index in [1.807, 2.05) is 19.1 Å². The molecule has 7 heteroatoms. The van der Waals surface area contributed by atoms with Gasteiger partial charge in [-0.1, -0.05) is 29.0 Å². The number of fused-ring (bicyclic) bond motifs is 1. The molecule has 0 N–H and O–H groups in total. The molecule has 0 aliphatic heterocycles. The molecule has 3 aromatic rings. The number of esters is 1. The molecule has 22 heavy (non-hydrogen) atoms. The number of rotatable bonds is 3. The summed E-state index contributed by atoms with van der Waals surface area (Å²) in [6.45, 7) is 5.73. The lowest BCUT2D eigenvalue weighted by Gasteiger charge is -2.02. The number of aromatic nitrogens is 3. The number of ether oxygens (including phenoxy) is 1. The zero-order valence-electron chi connectivity index (χ0n) is 12.4. The van der Waals surface area contributed by atoms with Crippen molar-refractivity contribution in [1.82, 2.24) is 14.8 Å². The molecule has 0 saturated carbocycles. The SMILES string of the molecule is CCOC(=O)c1c(C)nn(-c2nc3c(Cl)cccc3s2)c1C. The van der Waals surface area contributed by atoms with Gasteiger partial charge in [-0.2, -0.15) is 5.10 Å². The normalized spacial score (nSPS) is 11.1. The summed E-state index contributed by atoms with van der Waals surface area (Å²) in [6.07, 6.45) is 0. The molecular formula is C15H14ClN3O2S. The molecule has 0 saturated heterocycles. The zero-order chi connectivity index (χ0) is 15.9. The molecular weight excluding hydrogens is 322 g/mol. The molecule has 0 atom stereocenters. The maximum Gasteiger partial charge on any atom is 0.341 e. The van der Waals surface area contributed by atoms with Crippen LogP contribution in [0, 0.1) is 13.8 Å². The molecule has 0 aliphatic carbocycles. The molecule has 0 amide bonds. The highest BCUT2D eigenvalue weighted by atomic mass is 35.5. The van der Waals surface area contributed by atoms with E-state index in [1.54, 1.807) is 24.6 Å². The highest BCUT2D eigenvalue weighted by molar-refractivity contribution is 7.20. The van der Waals surface area contributed by atoms with Gasteiger partial charge in [0, 0.05) is 0 Å². The van der Waals surface area contributed by atoms with Crippen molar-refractivity contribution in [2.24, 2.45) is 0 Å². The predicted octanol–water partition coefficient (Wildman–Crippen LogP) is 3.93. The van der Waals surface area contributed by atoms with Crippen LogP contribution in [0.15, 0.2) is 18.2 Å². The van der Waals surface area contributed by atoms with Gasteiger partial charge in [-0.05, 0) is 32.9 Å². The van der Waals surface area contributed by atoms with Crippen LogP contribution in [0.1, 0.15) is 28.7 Å². The lowest BCUT2D eigenvalue weighted by atomic mass is 10.2. The summed E-state index contributed by atoms with van der Waals surface area (Å²) in [5.41, 5.74) is 2.58. The Labute approximate surface area is 136 Å². The quantitative estimate of drug-likeness (QED) is 0.680. The van der Waals surface area contributed by atoms with Crippen LogP contribution < -0.4 is 0 Å². The van der Waals surface area contributed by atoms with E-state index < -0.39 is 0 Å². The van der Waals surface area contributed by atoms with Crippen LogP contribution in [-0.2, 0) is 4.74 Å². The molecule has 0 fully saturated rings. The molecule has 5 nitrogen and oxygen atoms in total. The second-order valence-corrected chi connectivity index (χ2v) is 6.18. The second-order valence-electron chi connectivity index (χ2n) is 4.76. The Balaban J connectivity index is 2.13. The minimum Gasteiger partial charge on any atom is -0.462 e.